The Kier molecular flexibility index (Phi) is 6.07. The van der Waals surface area contributed by atoms with Gasteiger partial charge in [-0.25, -0.2) is 4.98 Å². The monoisotopic (exact) mass is 396 g/mol. The first-order valence-electron chi connectivity index (χ1n) is 10.3. The van der Waals surface area contributed by atoms with Crippen LogP contribution in [0.1, 0.15) is 56.2 Å². The van der Waals surface area contributed by atoms with Crippen LogP contribution in [0.3, 0.4) is 0 Å². The fourth-order valence-electron chi connectivity index (χ4n) is 4.02. The van der Waals surface area contributed by atoms with Gasteiger partial charge in [0.25, 0.3) is 0 Å². The SMILES string of the molecule is CCCCC(=O)Nc1nc(CN2CCC(c3c[nH]c4ccccc34)CC2)cs1. The van der Waals surface area contributed by atoms with E-state index in [4.69, 9.17) is 0 Å². The van der Waals surface area contributed by atoms with Crippen molar-refractivity contribution in [2.24, 2.45) is 0 Å². The number of carbonyl (C=O) groups excluding carboxylic acids is 1. The molecule has 0 bridgehead atoms. The summed E-state index contributed by atoms with van der Waals surface area (Å²) in [5.41, 5.74) is 3.75. The molecule has 148 valence electrons. The van der Waals surface area contributed by atoms with Crippen molar-refractivity contribution in [3.63, 3.8) is 0 Å². The van der Waals surface area contributed by atoms with Crippen molar-refractivity contribution in [2.45, 2.75) is 51.5 Å². The third-order valence-corrected chi connectivity index (χ3v) is 6.40. The molecule has 0 spiro atoms. The predicted octanol–water partition coefficient (Wildman–Crippen LogP) is 5.13. The molecule has 2 aromatic heterocycles. The van der Waals surface area contributed by atoms with E-state index < -0.39 is 0 Å². The van der Waals surface area contributed by atoms with Crippen molar-refractivity contribution in [3.8, 4) is 0 Å². The number of benzene rings is 1. The molecule has 0 aliphatic carbocycles. The zero-order valence-corrected chi connectivity index (χ0v) is 17.2. The van der Waals surface area contributed by atoms with Gasteiger partial charge in [-0.15, -0.1) is 11.3 Å². The van der Waals surface area contributed by atoms with Crippen LogP contribution in [0.4, 0.5) is 5.13 Å². The molecule has 0 saturated carbocycles. The highest BCUT2D eigenvalue weighted by Crippen LogP contribution is 2.33. The molecule has 0 atom stereocenters. The summed E-state index contributed by atoms with van der Waals surface area (Å²) < 4.78 is 0. The molecular weight excluding hydrogens is 368 g/mol. The van der Waals surface area contributed by atoms with E-state index in [1.807, 2.05) is 0 Å². The first kappa shape index (κ1) is 19.2. The summed E-state index contributed by atoms with van der Waals surface area (Å²) >= 11 is 1.53. The van der Waals surface area contributed by atoms with Gasteiger partial charge in [-0.05, 0) is 49.9 Å². The molecule has 0 unspecified atom stereocenters. The third kappa shape index (κ3) is 4.45. The number of H-pyrrole nitrogens is 1. The quantitative estimate of drug-likeness (QED) is 0.582. The Morgan fingerprint density at radius 2 is 2.14 bits per heavy atom. The van der Waals surface area contributed by atoms with Crippen LogP contribution in [-0.2, 0) is 11.3 Å². The molecule has 3 heterocycles. The highest BCUT2D eigenvalue weighted by Gasteiger charge is 2.23. The number of hydrogen-bond donors (Lipinski definition) is 2. The fourth-order valence-corrected chi connectivity index (χ4v) is 4.74. The molecule has 2 N–H and O–H groups in total. The van der Waals surface area contributed by atoms with Crippen LogP contribution in [0, 0.1) is 0 Å². The third-order valence-electron chi connectivity index (χ3n) is 5.59. The van der Waals surface area contributed by atoms with Gasteiger partial charge in [0, 0.05) is 35.4 Å². The smallest absolute Gasteiger partial charge is 0.226 e. The summed E-state index contributed by atoms with van der Waals surface area (Å²) in [4.78, 5) is 22.3. The van der Waals surface area contributed by atoms with Crippen molar-refractivity contribution in [2.75, 3.05) is 18.4 Å². The second-order valence-corrected chi connectivity index (χ2v) is 8.49. The van der Waals surface area contributed by atoms with Gasteiger partial charge in [0.05, 0.1) is 5.69 Å². The molecule has 28 heavy (non-hydrogen) atoms. The maximum Gasteiger partial charge on any atom is 0.226 e. The molecular formula is C22H28N4OS. The number of aromatic amines is 1. The number of amides is 1. The van der Waals surface area contributed by atoms with Crippen molar-refractivity contribution >= 4 is 33.3 Å². The minimum Gasteiger partial charge on any atom is -0.361 e. The lowest BCUT2D eigenvalue weighted by Gasteiger charge is -2.31. The van der Waals surface area contributed by atoms with E-state index >= 15 is 0 Å². The van der Waals surface area contributed by atoms with Crippen LogP contribution in [0.25, 0.3) is 10.9 Å². The number of fused-ring (bicyclic) bond motifs is 1. The second kappa shape index (κ2) is 8.88. The van der Waals surface area contributed by atoms with E-state index in [1.54, 1.807) is 0 Å². The molecule has 1 aliphatic rings. The first-order chi connectivity index (χ1) is 13.7. The standard InChI is InChI=1S/C22H28N4OS/c1-2-3-8-21(27)25-22-24-17(15-28-22)14-26-11-9-16(10-12-26)19-13-23-20-7-5-4-6-18(19)20/h4-7,13,15-16,23H,2-3,8-12,14H2,1H3,(H,24,25,27). The summed E-state index contributed by atoms with van der Waals surface area (Å²) in [5.74, 6) is 0.693. The van der Waals surface area contributed by atoms with Gasteiger partial charge < -0.3 is 10.3 Å². The van der Waals surface area contributed by atoms with Crippen LogP contribution in [0.15, 0.2) is 35.8 Å². The number of anilines is 1. The number of nitrogens with zero attached hydrogens (tertiary/aromatic N) is 2. The Bertz CT molecular complexity index is 923. The molecule has 1 saturated heterocycles. The van der Waals surface area contributed by atoms with E-state index in [0.717, 1.165) is 43.3 Å². The molecule has 4 rings (SSSR count). The Labute approximate surface area is 170 Å². The number of carbonyl (C=O) groups is 1. The maximum atomic E-state index is 11.9. The van der Waals surface area contributed by atoms with E-state index in [0.29, 0.717) is 12.3 Å². The number of rotatable bonds is 7. The number of piperidine rings is 1. The lowest BCUT2D eigenvalue weighted by molar-refractivity contribution is -0.116. The minimum atomic E-state index is 0.0716. The highest BCUT2D eigenvalue weighted by atomic mass is 32.1. The lowest BCUT2D eigenvalue weighted by atomic mass is 9.89. The summed E-state index contributed by atoms with van der Waals surface area (Å²) in [6.07, 6.45) is 7.07. The first-order valence-corrected chi connectivity index (χ1v) is 11.1. The average molecular weight is 397 g/mol. The van der Waals surface area contributed by atoms with Gasteiger partial charge in [-0.3, -0.25) is 9.69 Å². The van der Waals surface area contributed by atoms with Crippen molar-refractivity contribution in [3.05, 3.63) is 47.1 Å². The normalized spacial score (nSPS) is 15.9. The van der Waals surface area contributed by atoms with Gasteiger partial charge in [0.2, 0.25) is 5.91 Å². The van der Waals surface area contributed by atoms with Gasteiger partial charge in [-0.2, -0.15) is 0 Å². The van der Waals surface area contributed by atoms with E-state index in [2.05, 4.69) is 63.0 Å². The summed E-state index contributed by atoms with van der Waals surface area (Å²) in [6, 6.07) is 8.57. The van der Waals surface area contributed by atoms with Crippen LogP contribution >= 0.6 is 11.3 Å². The Balaban J connectivity index is 1.29. The number of nitrogens with one attached hydrogen (secondary N) is 2. The average Bonchev–Trinajstić information content (AvgIpc) is 3.34. The minimum absolute atomic E-state index is 0.0716. The highest BCUT2D eigenvalue weighted by molar-refractivity contribution is 7.13. The van der Waals surface area contributed by atoms with Crippen LogP contribution in [0.2, 0.25) is 0 Å². The van der Waals surface area contributed by atoms with Crippen molar-refractivity contribution < 1.29 is 4.79 Å². The van der Waals surface area contributed by atoms with Gasteiger partial charge in [-0.1, -0.05) is 31.5 Å². The molecule has 1 amide bonds. The molecule has 1 aliphatic heterocycles. The second-order valence-electron chi connectivity index (χ2n) is 7.64. The topological polar surface area (TPSA) is 61.0 Å². The zero-order chi connectivity index (χ0) is 19.3. The van der Waals surface area contributed by atoms with Crippen LogP contribution in [-0.4, -0.2) is 33.9 Å². The number of aromatic nitrogens is 2. The van der Waals surface area contributed by atoms with E-state index in [9.17, 15) is 4.79 Å². The van der Waals surface area contributed by atoms with Gasteiger partial charge in [0.15, 0.2) is 5.13 Å². The number of para-hydroxylation sites is 1. The summed E-state index contributed by atoms with van der Waals surface area (Å²) in [7, 11) is 0. The lowest BCUT2D eigenvalue weighted by Crippen LogP contribution is -2.32. The number of thiazole rings is 1. The predicted molar refractivity (Wildman–Crippen MR) is 116 cm³/mol. The van der Waals surface area contributed by atoms with Crippen LogP contribution in [0.5, 0.6) is 0 Å². The van der Waals surface area contributed by atoms with Gasteiger partial charge in [0.1, 0.15) is 0 Å². The largest absolute Gasteiger partial charge is 0.361 e. The maximum absolute atomic E-state index is 11.9. The Morgan fingerprint density at radius 1 is 1.32 bits per heavy atom. The summed E-state index contributed by atoms with van der Waals surface area (Å²) in [5, 5.41) is 7.09. The van der Waals surface area contributed by atoms with Gasteiger partial charge >= 0.3 is 0 Å². The van der Waals surface area contributed by atoms with E-state index in [1.165, 1.54) is 40.6 Å². The molecule has 5 nitrogen and oxygen atoms in total. The Hall–Kier alpha value is -2.18. The summed E-state index contributed by atoms with van der Waals surface area (Å²) in [6.45, 7) is 5.12. The number of hydrogen-bond acceptors (Lipinski definition) is 4. The molecule has 1 aromatic carbocycles. The zero-order valence-electron chi connectivity index (χ0n) is 16.4. The number of likely N-dealkylation sites (tertiary alicyclic amines) is 1. The molecule has 1 fully saturated rings. The number of unbranched alkanes of at least 4 members (excludes halogenated alkanes) is 1. The van der Waals surface area contributed by atoms with Crippen molar-refractivity contribution in [1.82, 2.24) is 14.9 Å². The van der Waals surface area contributed by atoms with Crippen molar-refractivity contribution in [1.29, 1.82) is 0 Å². The molecule has 0 radical (unpaired) electrons. The molecule has 3 aromatic rings. The van der Waals surface area contributed by atoms with Crippen LogP contribution < -0.4 is 5.32 Å². The van der Waals surface area contributed by atoms with E-state index in [-0.39, 0.29) is 5.91 Å². The molecule has 6 heteroatoms. The fraction of sp³-hybridized carbons (Fsp3) is 0.455. The Morgan fingerprint density at radius 3 is 2.96 bits per heavy atom.